The SMILES string of the molecule is C1=Cc2c(n(-c3ccc(-c4ccc(-n5c6ccccc6c6nc7c(cc65)C(c5ccccc5)(c5ccccc5)c5ccccc5-7)cc4)cc3)c3cnccc23)NC1. The third-order valence-electron chi connectivity index (χ3n) is 12.1. The largest absolute Gasteiger partial charge is 0.367 e. The van der Waals surface area contributed by atoms with Gasteiger partial charge in [0.25, 0.3) is 0 Å². The van der Waals surface area contributed by atoms with Crippen molar-refractivity contribution in [3.63, 3.8) is 0 Å². The zero-order valence-electron chi connectivity index (χ0n) is 31.0. The summed E-state index contributed by atoms with van der Waals surface area (Å²) in [6, 6.07) is 61.7. The van der Waals surface area contributed by atoms with Crippen LogP contribution in [-0.4, -0.2) is 25.6 Å². The van der Waals surface area contributed by atoms with Gasteiger partial charge in [0.2, 0.25) is 0 Å². The molecule has 1 aliphatic heterocycles. The smallest absolute Gasteiger partial charge is 0.119 e. The molecule has 12 rings (SSSR count). The van der Waals surface area contributed by atoms with Gasteiger partial charge in [0.05, 0.1) is 39.4 Å². The number of fused-ring (bicyclic) bond motifs is 9. The van der Waals surface area contributed by atoms with Crippen LogP contribution in [0.5, 0.6) is 0 Å². The lowest BCUT2D eigenvalue weighted by atomic mass is 9.68. The Balaban J connectivity index is 1.01. The van der Waals surface area contributed by atoms with Gasteiger partial charge >= 0.3 is 0 Å². The fraction of sp³-hybridized carbons (Fsp3) is 0.0385. The van der Waals surface area contributed by atoms with Crippen LogP contribution in [0.3, 0.4) is 0 Å². The van der Waals surface area contributed by atoms with Crippen LogP contribution in [0.25, 0.3) is 72.7 Å². The van der Waals surface area contributed by atoms with E-state index >= 15 is 0 Å². The molecule has 5 nitrogen and oxygen atoms in total. The second-order valence-corrected chi connectivity index (χ2v) is 15.0. The first-order valence-corrected chi connectivity index (χ1v) is 19.5. The monoisotopic (exact) mass is 729 g/mol. The van der Waals surface area contributed by atoms with Gasteiger partial charge in [-0.2, -0.15) is 0 Å². The molecule has 0 amide bonds. The highest BCUT2D eigenvalue weighted by Gasteiger charge is 2.47. The van der Waals surface area contributed by atoms with E-state index in [0.717, 1.165) is 68.0 Å². The van der Waals surface area contributed by atoms with E-state index in [0.29, 0.717) is 0 Å². The van der Waals surface area contributed by atoms with Crippen LogP contribution >= 0.6 is 0 Å². The lowest BCUT2D eigenvalue weighted by Gasteiger charge is -2.33. The lowest BCUT2D eigenvalue weighted by Crippen LogP contribution is -2.28. The zero-order chi connectivity index (χ0) is 37.5. The van der Waals surface area contributed by atoms with Crippen LogP contribution in [0, 0.1) is 0 Å². The van der Waals surface area contributed by atoms with Gasteiger partial charge < -0.3 is 9.88 Å². The van der Waals surface area contributed by atoms with E-state index in [2.05, 4.69) is 201 Å². The highest BCUT2D eigenvalue weighted by Crippen LogP contribution is 2.56. The molecule has 0 saturated heterocycles. The molecule has 57 heavy (non-hydrogen) atoms. The van der Waals surface area contributed by atoms with Gasteiger partial charge in [0.1, 0.15) is 5.82 Å². The molecule has 5 heteroatoms. The number of nitrogens with one attached hydrogen (secondary N) is 1. The summed E-state index contributed by atoms with van der Waals surface area (Å²) in [4.78, 5) is 10.1. The Kier molecular flexibility index (Phi) is 6.84. The molecule has 4 aromatic heterocycles. The summed E-state index contributed by atoms with van der Waals surface area (Å²) >= 11 is 0. The van der Waals surface area contributed by atoms with Gasteiger partial charge in [-0.25, -0.2) is 4.98 Å². The summed E-state index contributed by atoms with van der Waals surface area (Å²) in [6.45, 7) is 0.806. The first kappa shape index (κ1) is 31.8. The number of hydrogen-bond donors (Lipinski definition) is 1. The highest BCUT2D eigenvalue weighted by molar-refractivity contribution is 6.09. The van der Waals surface area contributed by atoms with Gasteiger partial charge in [0, 0.05) is 51.6 Å². The molecule has 0 unspecified atom stereocenters. The average molecular weight is 730 g/mol. The third-order valence-corrected chi connectivity index (χ3v) is 12.1. The van der Waals surface area contributed by atoms with Crippen molar-refractivity contribution in [3.05, 3.63) is 216 Å². The number of aromatic nitrogens is 4. The number of rotatable bonds is 5. The molecule has 0 radical (unpaired) electrons. The van der Waals surface area contributed by atoms with Crippen molar-refractivity contribution < 1.29 is 0 Å². The number of hydrogen-bond acceptors (Lipinski definition) is 3. The lowest BCUT2D eigenvalue weighted by molar-refractivity contribution is 0.767. The Hall–Kier alpha value is -7.50. The first-order valence-electron chi connectivity index (χ1n) is 19.5. The Morgan fingerprint density at radius 3 is 1.93 bits per heavy atom. The quantitative estimate of drug-likeness (QED) is 0.192. The van der Waals surface area contributed by atoms with Gasteiger partial charge in [0.15, 0.2) is 0 Å². The molecule has 0 bridgehead atoms. The number of benzene rings is 6. The molecule has 2 aliphatic rings. The van der Waals surface area contributed by atoms with Crippen LogP contribution in [0.2, 0.25) is 0 Å². The van der Waals surface area contributed by atoms with E-state index < -0.39 is 5.41 Å². The predicted octanol–water partition coefficient (Wildman–Crippen LogP) is 12.0. The maximum absolute atomic E-state index is 5.62. The Labute approximate surface area is 329 Å². The molecular formula is C52H35N5. The number of para-hydroxylation sites is 1. The highest BCUT2D eigenvalue weighted by atomic mass is 15.1. The fourth-order valence-electron chi connectivity index (χ4n) is 9.68. The minimum atomic E-state index is -0.525. The predicted molar refractivity (Wildman–Crippen MR) is 233 cm³/mol. The van der Waals surface area contributed by atoms with Crippen molar-refractivity contribution in [2.45, 2.75) is 5.41 Å². The van der Waals surface area contributed by atoms with Crippen molar-refractivity contribution in [1.82, 2.24) is 19.1 Å². The molecule has 1 N–H and O–H groups in total. The third kappa shape index (κ3) is 4.51. The van der Waals surface area contributed by atoms with E-state index in [-0.39, 0.29) is 0 Å². The second kappa shape index (κ2) is 12.3. The van der Waals surface area contributed by atoms with E-state index in [1.54, 1.807) is 0 Å². The van der Waals surface area contributed by atoms with Crippen LogP contribution in [0.4, 0.5) is 5.82 Å². The van der Waals surface area contributed by atoms with Gasteiger partial charge in [-0.3, -0.25) is 9.55 Å². The normalized spacial score (nSPS) is 13.8. The van der Waals surface area contributed by atoms with Crippen LogP contribution in [0.15, 0.2) is 188 Å². The standard InChI is InChI=1S/C52H35N5/c1-3-12-36(13-4-1)52(37-14-5-2-6-15-37)44-19-9-7-16-42(44)49-45(52)32-47-50(55-49)43-17-8-10-20-46(43)56(47)38-25-21-34(22-26-38)35-23-27-39(28-24-35)57-48-33-53-31-29-40(48)41-18-11-30-54-51(41)57/h1-29,31-33,54H,30H2. The van der Waals surface area contributed by atoms with Gasteiger partial charge in [-0.05, 0) is 70.3 Å². The summed E-state index contributed by atoms with van der Waals surface area (Å²) in [5.41, 5.74) is 16.7. The minimum absolute atomic E-state index is 0.525. The molecule has 0 saturated carbocycles. The van der Waals surface area contributed by atoms with E-state index in [9.17, 15) is 0 Å². The topological polar surface area (TPSA) is 47.7 Å². The van der Waals surface area contributed by atoms with Crippen LogP contribution in [-0.2, 0) is 5.41 Å². The maximum atomic E-state index is 5.62. The fourth-order valence-corrected chi connectivity index (χ4v) is 9.68. The molecule has 1 aliphatic carbocycles. The second-order valence-electron chi connectivity index (χ2n) is 15.0. The van der Waals surface area contributed by atoms with Crippen molar-refractivity contribution >= 4 is 44.7 Å². The Morgan fingerprint density at radius 1 is 0.544 bits per heavy atom. The molecule has 5 heterocycles. The Bertz CT molecular complexity index is 3170. The van der Waals surface area contributed by atoms with Crippen molar-refractivity contribution in [2.24, 2.45) is 0 Å². The van der Waals surface area contributed by atoms with Gasteiger partial charge in [-0.15, -0.1) is 0 Å². The molecule has 0 fully saturated rings. The van der Waals surface area contributed by atoms with E-state index in [4.69, 9.17) is 4.98 Å². The summed E-state index contributed by atoms with van der Waals surface area (Å²) in [5.74, 6) is 1.11. The first-order chi connectivity index (χ1) is 28.3. The Morgan fingerprint density at radius 2 is 1.19 bits per heavy atom. The molecule has 0 spiro atoms. The molecule has 268 valence electrons. The summed E-state index contributed by atoms with van der Waals surface area (Å²) < 4.78 is 4.67. The molecule has 10 aromatic rings. The number of anilines is 1. The summed E-state index contributed by atoms with van der Waals surface area (Å²) in [6.07, 6.45) is 8.20. The van der Waals surface area contributed by atoms with E-state index in [1.165, 1.54) is 38.8 Å². The summed E-state index contributed by atoms with van der Waals surface area (Å²) in [7, 11) is 0. The average Bonchev–Trinajstić information content (AvgIpc) is 3.90. The minimum Gasteiger partial charge on any atom is -0.367 e. The van der Waals surface area contributed by atoms with Crippen LogP contribution < -0.4 is 5.32 Å². The molecule has 6 aromatic carbocycles. The van der Waals surface area contributed by atoms with Gasteiger partial charge in [-0.1, -0.05) is 140 Å². The number of nitrogens with zero attached hydrogens (tertiary/aromatic N) is 4. The maximum Gasteiger partial charge on any atom is 0.119 e. The zero-order valence-corrected chi connectivity index (χ0v) is 31.0. The van der Waals surface area contributed by atoms with Crippen molar-refractivity contribution in [3.8, 4) is 33.8 Å². The van der Waals surface area contributed by atoms with Crippen molar-refractivity contribution in [1.29, 1.82) is 0 Å². The molecule has 0 atom stereocenters. The van der Waals surface area contributed by atoms with Crippen molar-refractivity contribution in [2.75, 3.05) is 11.9 Å². The number of pyridine rings is 2. The summed E-state index contributed by atoms with van der Waals surface area (Å²) in [5, 5.41) is 5.93. The van der Waals surface area contributed by atoms with E-state index in [1.807, 2.05) is 12.4 Å². The van der Waals surface area contributed by atoms with Crippen LogP contribution in [0.1, 0.15) is 27.8 Å². The molecular weight excluding hydrogens is 695 g/mol.